The highest BCUT2D eigenvalue weighted by molar-refractivity contribution is 6.28. The van der Waals surface area contributed by atoms with Crippen LogP contribution in [0.15, 0.2) is 24.7 Å². The van der Waals surface area contributed by atoms with Crippen LogP contribution in [0.3, 0.4) is 0 Å². The molecule has 0 saturated carbocycles. The minimum Gasteiger partial charge on any atom is -0.356 e. The van der Waals surface area contributed by atoms with Crippen molar-refractivity contribution in [3.8, 4) is 0 Å². The number of nitrogens with zero attached hydrogens (tertiary/aromatic N) is 5. The average molecular weight is 292 g/mol. The molecule has 0 aliphatic carbocycles. The highest BCUT2D eigenvalue weighted by Crippen LogP contribution is 2.23. The lowest BCUT2D eigenvalue weighted by Crippen LogP contribution is -2.37. The van der Waals surface area contributed by atoms with Gasteiger partial charge in [0.25, 0.3) is 0 Å². The van der Waals surface area contributed by atoms with Crippen molar-refractivity contribution in [2.24, 2.45) is 5.92 Å². The zero-order valence-corrected chi connectivity index (χ0v) is 12.3. The summed E-state index contributed by atoms with van der Waals surface area (Å²) in [5.74, 6) is 2.62. The largest absolute Gasteiger partial charge is 0.356 e. The van der Waals surface area contributed by atoms with Gasteiger partial charge in [0.1, 0.15) is 11.6 Å². The summed E-state index contributed by atoms with van der Waals surface area (Å²) in [6.07, 6.45) is 8.05. The molecule has 1 aliphatic rings. The smallest absolute Gasteiger partial charge is 0.224 e. The summed E-state index contributed by atoms with van der Waals surface area (Å²) in [7, 11) is 0. The van der Waals surface area contributed by atoms with E-state index in [1.807, 2.05) is 19.2 Å². The molecule has 5 nitrogen and oxygen atoms in total. The number of hydrogen-bond donors (Lipinski definition) is 0. The number of imidazole rings is 1. The lowest BCUT2D eigenvalue weighted by atomic mass is 9.98. The Morgan fingerprint density at radius 2 is 2.25 bits per heavy atom. The van der Waals surface area contributed by atoms with Crippen molar-refractivity contribution in [3.05, 3.63) is 35.8 Å². The summed E-state index contributed by atoms with van der Waals surface area (Å²) in [4.78, 5) is 14.8. The Bertz CT molecular complexity index is 582. The molecule has 0 aromatic carbocycles. The quantitative estimate of drug-likeness (QED) is 0.816. The molecule has 0 unspecified atom stereocenters. The van der Waals surface area contributed by atoms with E-state index in [1.165, 1.54) is 12.8 Å². The van der Waals surface area contributed by atoms with Gasteiger partial charge in [-0.1, -0.05) is 0 Å². The summed E-state index contributed by atoms with van der Waals surface area (Å²) < 4.78 is 2.22. The Hall–Kier alpha value is -1.62. The predicted molar refractivity (Wildman–Crippen MR) is 78.9 cm³/mol. The molecule has 1 aliphatic heterocycles. The molecule has 0 spiro atoms. The van der Waals surface area contributed by atoms with Crippen LogP contribution in [0.5, 0.6) is 0 Å². The molecule has 2 aromatic rings. The van der Waals surface area contributed by atoms with Gasteiger partial charge in [0, 0.05) is 38.2 Å². The molecule has 1 atom stereocenters. The molecule has 1 saturated heterocycles. The van der Waals surface area contributed by atoms with Gasteiger partial charge in [-0.15, -0.1) is 0 Å². The average Bonchev–Trinajstić information content (AvgIpc) is 2.85. The number of rotatable bonds is 3. The molecule has 0 N–H and O–H groups in total. The molecule has 0 radical (unpaired) electrons. The van der Waals surface area contributed by atoms with Crippen LogP contribution in [0.4, 0.5) is 5.82 Å². The van der Waals surface area contributed by atoms with Crippen LogP contribution >= 0.6 is 11.6 Å². The summed E-state index contributed by atoms with van der Waals surface area (Å²) >= 11 is 5.88. The summed E-state index contributed by atoms with van der Waals surface area (Å²) in [6.45, 7) is 5.10. The third-order valence-electron chi connectivity index (χ3n) is 3.83. The summed E-state index contributed by atoms with van der Waals surface area (Å²) in [6, 6.07) is 1.93. The fraction of sp³-hybridized carbons (Fsp3) is 0.500. The zero-order valence-electron chi connectivity index (χ0n) is 11.5. The Morgan fingerprint density at radius 1 is 1.35 bits per heavy atom. The van der Waals surface area contributed by atoms with Gasteiger partial charge in [0.15, 0.2) is 0 Å². The fourth-order valence-corrected chi connectivity index (χ4v) is 2.94. The molecule has 1 fully saturated rings. The van der Waals surface area contributed by atoms with E-state index in [9.17, 15) is 0 Å². The van der Waals surface area contributed by atoms with Crippen molar-refractivity contribution < 1.29 is 0 Å². The summed E-state index contributed by atoms with van der Waals surface area (Å²) in [5.41, 5.74) is 0. The lowest BCUT2D eigenvalue weighted by Gasteiger charge is -2.33. The van der Waals surface area contributed by atoms with Gasteiger partial charge >= 0.3 is 0 Å². The van der Waals surface area contributed by atoms with Crippen LogP contribution in [-0.2, 0) is 6.54 Å². The number of halogens is 1. The number of aromatic nitrogens is 4. The third-order valence-corrected chi connectivity index (χ3v) is 4.02. The maximum absolute atomic E-state index is 5.88. The number of aryl methyl sites for hydroxylation is 1. The number of piperidine rings is 1. The third kappa shape index (κ3) is 2.93. The molecule has 6 heteroatoms. The SMILES string of the molecule is Cc1nccn1C[C@H]1CCCN(c2ccnc(Cl)n2)C1. The first kappa shape index (κ1) is 13.4. The highest BCUT2D eigenvalue weighted by atomic mass is 35.5. The Balaban J connectivity index is 1.69. The maximum Gasteiger partial charge on any atom is 0.224 e. The van der Waals surface area contributed by atoms with Gasteiger partial charge in [-0.3, -0.25) is 0 Å². The standard InChI is InChI=1S/C14H18ClN5/c1-11-16-6-8-19(11)9-12-3-2-7-20(10-12)13-4-5-17-14(15)18-13/h4-6,8,12H,2-3,7,9-10H2,1H3/t12-/m1/s1. The molecule has 0 amide bonds. The van der Waals surface area contributed by atoms with Crippen LogP contribution in [-0.4, -0.2) is 32.6 Å². The normalized spacial score (nSPS) is 19.3. The molecule has 106 valence electrons. The van der Waals surface area contributed by atoms with E-state index in [4.69, 9.17) is 11.6 Å². The number of anilines is 1. The van der Waals surface area contributed by atoms with Gasteiger partial charge in [0.2, 0.25) is 5.28 Å². The van der Waals surface area contributed by atoms with Crippen LogP contribution in [0.25, 0.3) is 0 Å². The first-order chi connectivity index (χ1) is 9.72. The van der Waals surface area contributed by atoms with Gasteiger partial charge in [-0.25, -0.2) is 15.0 Å². The van der Waals surface area contributed by atoms with Gasteiger partial charge in [-0.2, -0.15) is 0 Å². The molecular formula is C14H18ClN5. The predicted octanol–water partition coefficient (Wildman–Crippen LogP) is 2.55. The van der Waals surface area contributed by atoms with Crippen LogP contribution in [0, 0.1) is 12.8 Å². The van der Waals surface area contributed by atoms with Gasteiger partial charge in [0.05, 0.1) is 0 Å². The van der Waals surface area contributed by atoms with Gasteiger partial charge < -0.3 is 9.47 Å². The van der Waals surface area contributed by atoms with Crippen LogP contribution in [0.2, 0.25) is 5.28 Å². The second-order valence-corrected chi connectivity index (χ2v) is 5.60. The molecule has 20 heavy (non-hydrogen) atoms. The Morgan fingerprint density at radius 3 is 3.00 bits per heavy atom. The monoisotopic (exact) mass is 291 g/mol. The second-order valence-electron chi connectivity index (χ2n) is 5.26. The van der Waals surface area contributed by atoms with E-state index in [1.54, 1.807) is 6.20 Å². The first-order valence-corrected chi connectivity index (χ1v) is 7.31. The zero-order chi connectivity index (χ0) is 13.9. The molecule has 3 rings (SSSR count). The van der Waals surface area contributed by atoms with E-state index in [0.717, 1.165) is 31.3 Å². The Kier molecular flexibility index (Phi) is 3.87. The van der Waals surface area contributed by atoms with Crippen molar-refractivity contribution in [1.82, 2.24) is 19.5 Å². The van der Waals surface area contributed by atoms with Gasteiger partial charge in [-0.05, 0) is 43.4 Å². The van der Waals surface area contributed by atoms with Crippen molar-refractivity contribution in [2.45, 2.75) is 26.3 Å². The van der Waals surface area contributed by atoms with Crippen molar-refractivity contribution in [2.75, 3.05) is 18.0 Å². The Labute approximate surface area is 123 Å². The molecule has 2 aromatic heterocycles. The molecular weight excluding hydrogens is 274 g/mol. The summed E-state index contributed by atoms with van der Waals surface area (Å²) in [5, 5.41) is 0.315. The van der Waals surface area contributed by atoms with Crippen molar-refractivity contribution >= 4 is 17.4 Å². The fourth-order valence-electron chi connectivity index (χ4n) is 2.80. The molecule has 3 heterocycles. The first-order valence-electron chi connectivity index (χ1n) is 6.93. The van der Waals surface area contributed by atoms with E-state index in [2.05, 4.69) is 30.6 Å². The molecule has 0 bridgehead atoms. The minimum atomic E-state index is 0.315. The van der Waals surface area contributed by atoms with E-state index < -0.39 is 0 Å². The van der Waals surface area contributed by atoms with Crippen LogP contribution in [0.1, 0.15) is 18.7 Å². The van der Waals surface area contributed by atoms with E-state index >= 15 is 0 Å². The van der Waals surface area contributed by atoms with E-state index in [-0.39, 0.29) is 0 Å². The van der Waals surface area contributed by atoms with E-state index in [0.29, 0.717) is 11.2 Å². The number of hydrogen-bond acceptors (Lipinski definition) is 4. The van der Waals surface area contributed by atoms with Crippen molar-refractivity contribution in [1.29, 1.82) is 0 Å². The topological polar surface area (TPSA) is 46.8 Å². The second kappa shape index (κ2) is 5.79. The lowest BCUT2D eigenvalue weighted by molar-refractivity contribution is 0.362. The minimum absolute atomic E-state index is 0.315. The van der Waals surface area contributed by atoms with Crippen LogP contribution < -0.4 is 4.90 Å². The maximum atomic E-state index is 5.88. The van der Waals surface area contributed by atoms with Crippen molar-refractivity contribution in [3.63, 3.8) is 0 Å². The highest BCUT2D eigenvalue weighted by Gasteiger charge is 2.21.